The van der Waals surface area contributed by atoms with Gasteiger partial charge in [-0.2, -0.15) is 13.2 Å². The number of halogens is 4. The van der Waals surface area contributed by atoms with Gasteiger partial charge in [0.25, 0.3) is 0 Å². The number of piperidine rings is 1. The molecule has 1 unspecified atom stereocenters. The summed E-state index contributed by atoms with van der Waals surface area (Å²) in [6, 6.07) is 3.83. The molecule has 4 rings (SSSR count). The number of thiazole rings is 1. The number of nitrogens with zero attached hydrogens (tertiary/aromatic N) is 1. The maximum absolute atomic E-state index is 12.6. The van der Waals surface area contributed by atoms with Crippen LogP contribution in [0.4, 0.5) is 13.2 Å². The molecule has 7 heteroatoms. The van der Waals surface area contributed by atoms with E-state index in [4.69, 9.17) is 0 Å². The molecule has 1 aromatic carbocycles. The van der Waals surface area contributed by atoms with E-state index in [1.165, 1.54) is 17.4 Å². The lowest BCUT2D eigenvalue weighted by atomic mass is 10.2. The first-order valence-electron chi connectivity index (χ1n) is 6.22. The van der Waals surface area contributed by atoms with Gasteiger partial charge in [-0.1, -0.05) is 0 Å². The molecule has 0 bridgehead atoms. The maximum Gasteiger partial charge on any atom is 0.416 e. The molecule has 2 aliphatic rings. The zero-order valence-corrected chi connectivity index (χ0v) is 11.9. The van der Waals surface area contributed by atoms with Gasteiger partial charge >= 0.3 is 6.18 Å². The van der Waals surface area contributed by atoms with Crippen molar-refractivity contribution in [1.29, 1.82) is 0 Å². The first-order chi connectivity index (χ1) is 9.04. The zero-order valence-electron chi connectivity index (χ0n) is 10.3. The van der Waals surface area contributed by atoms with Gasteiger partial charge < -0.3 is 5.32 Å². The second kappa shape index (κ2) is 4.58. The Morgan fingerprint density at radius 2 is 1.90 bits per heavy atom. The maximum atomic E-state index is 12.6. The molecule has 2 heterocycles. The number of hydrogen-bond donors (Lipinski definition) is 1. The summed E-state index contributed by atoms with van der Waals surface area (Å²) in [5.41, 5.74) is -0.137. The average Bonchev–Trinajstić information content (AvgIpc) is 2.78. The predicted molar refractivity (Wildman–Crippen MR) is 74.5 cm³/mol. The molecular formula is C13H12ClF3N2S. The van der Waals surface area contributed by atoms with Crippen LogP contribution in [0.1, 0.15) is 16.5 Å². The van der Waals surface area contributed by atoms with E-state index in [1.807, 2.05) is 0 Å². The van der Waals surface area contributed by atoms with Crippen LogP contribution in [0.3, 0.4) is 0 Å². The fourth-order valence-electron chi connectivity index (χ4n) is 3.05. The molecule has 2 aromatic rings. The lowest BCUT2D eigenvalue weighted by Gasteiger charge is -2.04. The second-order valence-electron chi connectivity index (χ2n) is 5.24. The lowest BCUT2D eigenvalue weighted by Crippen LogP contribution is -2.13. The Labute approximate surface area is 123 Å². The third-order valence-electron chi connectivity index (χ3n) is 4.11. The number of alkyl halides is 3. The van der Waals surface area contributed by atoms with Crippen molar-refractivity contribution in [2.75, 3.05) is 13.1 Å². The molecule has 3 atom stereocenters. The highest BCUT2D eigenvalue weighted by atomic mass is 35.5. The summed E-state index contributed by atoms with van der Waals surface area (Å²) >= 11 is 1.54. The smallest absolute Gasteiger partial charge is 0.316 e. The molecule has 0 radical (unpaired) electrons. The molecule has 20 heavy (non-hydrogen) atoms. The first kappa shape index (κ1) is 14.1. The van der Waals surface area contributed by atoms with Crippen molar-refractivity contribution in [3.05, 3.63) is 28.8 Å². The van der Waals surface area contributed by atoms with E-state index in [-0.39, 0.29) is 12.4 Å². The molecule has 1 aliphatic carbocycles. The van der Waals surface area contributed by atoms with Gasteiger partial charge in [0.05, 0.1) is 20.8 Å². The number of hydrogen-bond acceptors (Lipinski definition) is 3. The van der Waals surface area contributed by atoms with Crippen molar-refractivity contribution >= 4 is 34.0 Å². The Morgan fingerprint density at radius 3 is 2.55 bits per heavy atom. The summed E-state index contributed by atoms with van der Waals surface area (Å²) in [4.78, 5) is 4.42. The monoisotopic (exact) mass is 320 g/mol. The zero-order chi connectivity index (χ0) is 13.2. The molecule has 0 spiro atoms. The van der Waals surface area contributed by atoms with Crippen molar-refractivity contribution in [1.82, 2.24) is 10.3 Å². The second-order valence-corrected chi connectivity index (χ2v) is 6.31. The van der Waals surface area contributed by atoms with Crippen LogP contribution in [0.2, 0.25) is 0 Å². The topological polar surface area (TPSA) is 24.9 Å². The van der Waals surface area contributed by atoms with Crippen LogP contribution in [-0.4, -0.2) is 18.1 Å². The van der Waals surface area contributed by atoms with Gasteiger partial charge in [-0.15, -0.1) is 23.7 Å². The number of benzene rings is 1. The molecule has 1 saturated carbocycles. The van der Waals surface area contributed by atoms with E-state index in [2.05, 4.69) is 10.3 Å². The van der Waals surface area contributed by atoms with Gasteiger partial charge in [0, 0.05) is 5.92 Å². The summed E-state index contributed by atoms with van der Waals surface area (Å²) in [6.45, 7) is 2.03. The van der Waals surface area contributed by atoms with E-state index in [0.29, 0.717) is 23.3 Å². The minimum atomic E-state index is -4.29. The fraction of sp³-hybridized carbons (Fsp3) is 0.462. The SMILES string of the molecule is Cl.FC(F)(F)c1ccc2sc(C3[C@H]4CNC[C@@H]34)nc2c1. The quantitative estimate of drug-likeness (QED) is 0.867. The lowest BCUT2D eigenvalue weighted by molar-refractivity contribution is -0.137. The Kier molecular flexibility index (Phi) is 3.23. The van der Waals surface area contributed by atoms with Crippen LogP contribution in [0.5, 0.6) is 0 Å². The molecule has 1 saturated heterocycles. The third kappa shape index (κ3) is 2.10. The summed E-state index contributed by atoms with van der Waals surface area (Å²) in [5, 5.41) is 4.32. The molecule has 2 nitrogen and oxygen atoms in total. The molecular weight excluding hydrogens is 309 g/mol. The van der Waals surface area contributed by atoms with Gasteiger partial charge in [0.2, 0.25) is 0 Å². The predicted octanol–water partition coefficient (Wildman–Crippen LogP) is 3.67. The van der Waals surface area contributed by atoms with E-state index in [1.54, 1.807) is 0 Å². The van der Waals surface area contributed by atoms with E-state index in [0.717, 1.165) is 34.9 Å². The summed E-state index contributed by atoms with van der Waals surface area (Å²) in [6.07, 6.45) is -4.29. The minimum Gasteiger partial charge on any atom is -0.316 e. The number of aromatic nitrogens is 1. The van der Waals surface area contributed by atoms with Gasteiger partial charge in [0.1, 0.15) is 0 Å². The van der Waals surface area contributed by atoms with Crippen molar-refractivity contribution in [3.8, 4) is 0 Å². The van der Waals surface area contributed by atoms with E-state index in [9.17, 15) is 13.2 Å². The van der Waals surface area contributed by atoms with Gasteiger partial charge in [-0.3, -0.25) is 0 Å². The van der Waals surface area contributed by atoms with Crippen LogP contribution in [0, 0.1) is 11.8 Å². The number of nitrogens with one attached hydrogen (secondary N) is 1. The van der Waals surface area contributed by atoms with Crippen LogP contribution in [-0.2, 0) is 6.18 Å². The highest BCUT2D eigenvalue weighted by molar-refractivity contribution is 7.18. The minimum absolute atomic E-state index is 0. The molecule has 1 aliphatic heterocycles. The highest BCUT2D eigenvalue weighted by Gasteiger charge is 2.55. The standard InChI is InChI=1S/C13H11F3N2S.ClH/c14-13(15,16)6-1-2-10-9(3-6)18-12(19-10)11-7-4-17-5-8(7)11;/h1-3,7-8,11,17H,4-5H2;1H/t7-,8+,11?;. The van der Waals surface area contributed by atoms with E-state index >= 15 is 0 Å². The Balaban J connectivity index is 0.00000121. The van der Waals surface area contributed by atoms with Crippen LogP contribution >= 0.6 is 23.7 Å². The highest BCUT2D eigenvalue weighted by Crippen LogP contribution is 2.57. The van der Waals surface area contributed by atoms with Crippen LogP contribution < -0.4 is 5.32 Å². The van der Waals surface area contributed by atoms with Gasteiger partial charge in [0.15, 0.2) is 0 Å². The fourth-order valence-corrected chi connectivity index (χ4v) is 4.25. The Morgan fingerprint density at radius 1 is 1.20 bits per heavy atom. The normalized spacial score (nSPS) is 28.2. The third-order valence-corrected chi connectivity index (χ3v) is 5.25. The van der Waals surface area contributed by atoms with Crippen LogP contribution in [0.25, 0.3) is 10.2 Å². The van der Waals surface area contributed by atoms with Crippen LogP contribution in [0.15, 0.2) is 18.2 Å². The van der Waals surface area contributed by atoms with Crippen molar-refractivity contribution < 1.29 is 13.2 Å². The van der Waals surface area contributed by atoms with Crippen molar-refractivity contribution in [2.45, 2.75) is 12.1 Å². The Bertz CT molecular complexity index is 645. The van der Waals surface area contributed by atoms with Gasteiger partial charge in [-0.05, 0) is 43.1 Å². The molecule has 1 N–H and O–H groups in total. The molecule has 2 fully saturated rings. The summed E-state index contributed by atoms with van der Waals surface area (Å²) < 4.78 is 38.8. The molecule has 108 valence electrons. The largest absolute Gasteiger partial charge is 0.416 e. The first-order valence-corrected chi connectivity index (χ1v) is 7.04. The average molecular weight is 321 g/mol. The molecule has 0 amide bonds. The van der Waals surface area contributed by atoms with Gasteiger partial charge in [-0.25, -0.2) is 4.98 Å². The summed E-state index contributed by atoms with van der Waals surface area (Å²) in [5.74, 6) is 1.75. The number of rotatable bonds is 1. The Hall–Kier alpha value is -0.850. The summed E-state index contributed by atoms with van der Waals surface area (Å²) in [7, 11) is 0. The number of fused-ring (bicyclic) bond motifs is 2. The van der Waals surface area contributed by atoms with E-state index < -0.39 is 11.7 Å². The van der Waals surface area contributed by atoms with Crippen molar-refractivity contribution in [2.24, 2.45) is 11.8 Å². The van der Waals surface area contributed by atoms with Crippen molar-refractivity contribution in [3.63, 3.8) is 0 Å². The molecule has 1 aromatic heterocycles.